The van der Waals surface area contributed by atoms with E-state index in [0.717, 1.165) is 56.4 Å². The van der Waals surface area contributed by atoms with E-state index >= 15 is 0 Å². The zero-order valence-electron chi connectivity index (χ0n) is 21.1. The number of unbranched alkanes of at least 4 members (excludes halogenated alkanes) is 1. The van der Waals surface area contributed by atoms with Gasteiger partial charge in [-0.2, -0.15) is 0 Å². The molecule has 1 saturated heterocycles. The molecule has 0 unspecified atom stereocenters. The summed E-state index contributed by atoms with van der Waals surface area (Å²) in [6.45, 7) is 4.28. The molecule has 0 spiro atoms. The Hall–Kier alpha value is -3.67. The standard InChI is InChI=1S/C30H36N4O2/c1-2-3-11-29(35)33-26-12-13-28(27(20-26)30(36)32-22-25-10-7-16-31-21-25)34-17-14-24(15-18-34)19-23-8-5-4-6-9-23/h4-10,12-13,16,20-21,24H,2-3,11,14-15,17-19,22H2,1H3,(H,32,36)(H,33,35). The van der Waals surface area contributed by atoms with E-state index in [-0.39, 0.29) is 11.8 Å². The summed E-state index contributed by atoms with van der Waals surface area (Å²) in [5.41, 5.74) is 4.50. The average Bonchev–Trinajstić information content (AvgIpc) is 2.92. The van der Waals surface area contributed by atoms with Crippen molar-refractivity contribution in [3.05, 3.63) is 89.7 Å². The molecule has 4 rings (SSSR count). The number of aromatic nitrogens is 1. The molecule has 2 heterocycles. The van der Waals surface area contributed by atoms with Crippen molar-refractivity contribution in [3.8, 4) is 0 Å². The number of carbonyl (C=O) groups is 2. The Bertz CT molecular complexity index is 1130. The quantitative estimate of drug-likeness (QED) is 0.393. The van der Waals surface area contributed by atoms with E-state index in [1.54, 1.807) is 12.4 Å². The summed E-state index contributed by atoms with van der Waals surface area (Å²) < 4.78 is 0. The molecule has 0 atom stereocenters. The Morgan fingerprint density at radius 2 is 1.78 bits per heavy atom. The first-order valence-corrected chi connectivity index (χ1v) is 13.0. The number of nitrogens with zero attached hydrogens (tertiary/aromatic N) is 2. The minimum Gasteiger partial charge on any atom is -0.371 e. The van der Waals surface area contributed by atoms with Gasteiger partial charge >= 0.3 is 0 Å². The number of carbonyl (C=O) groups excluding carboxylic acids is 2. The Morgan fingerprint density at radius 1 is 1.00 bits per heavy atom. The maximum atomic E-state index is 13.3. The maximum absolute atomic E-state index is 13.3. The second-order valence-corrected chi connectivity index (χ2v) is 9.55. The van der Waals surface area contributed by atoms with Crippen LogP contribution >= 0.6 is 0 Å². The highest BCUT2D eigenvalue weighted by Crippen LogP contribution is 2.30. The minimum atomic E-state index is -0.148. The third kappa shape index (κ3) is 7.17. The van der Waals surface area contributed by atoms with Gasteiger partial charge in [0.1, 0.15) is 0 Å². The summed E-state index contributed by atoms with van der Waals surface area (Å²) in [6, 6.07) is 20.2. The second-order valence-electron chi connectivity index (χ2n) is 9.55. The summed E-state index contributed by atoms with van der Waals surface area (Å²) in [5, 5.41) is 6.00. The van der Waals surface area contributed by atoms with Crippen molar-refractivity contribution in [3.63, 3.8) is 0 Å². The van der Waals surface area contributed by atoms with Crippen molar-refractivity contribution in [2.45, 2.75) is 52.0 Å². The van der Waals surface area contributed by atoms with Gasteiger partial charge in [0.25, 0.3) is 5.91 Å². The van der Waals surface area contributed by atoms with Gasteiger partial charge in [-0.15, -0.1) is 0 Å². The molecule has 0 radical (unpaired) electrons. The van der Waals surface area contributed by atoms with Crippen LogP contribution in [-0.4, -0.2) is 29.9 Å². The lowest BCUT2D eigenvalue weighted by molar-refractivity contribution is -0.116. The van der Waals surface area contributed by atoms with Crippen LogP contribution in [0.2, 0.25) is 0 Å². The number of rotatable bonds is 10. The lowest BCUT2D eigenvalue weighted by atomic mass is 9.89. The highest BCUT2D eigenvalue weighted by molar-refractivity contribution is 6.02. The number of nitrogens with one attached hydrogen (secondary N) is 2. The Morgan fingerprint density at radius 3 is 2.50 bits per heavy atom. The lowest BCUT2D eigenvalue weighted by Crippen LogP contribution is -2.36. The average molecular weight is 485 g/mol. The molecule has 1 fully saturated rings. The first-order valence-electron chi connectivity index (χ1n) is 13.0. The molecular formula is C30H36N4O2. The molecule has 3 aromatic rings. The molecule has 6 nitrogen and oxygen atoms in total. The van der Waals surface area contributed by atoms with E-state index in [0.29, 0.717) is 30.1 Å². The van der Waals surface area contributed by atoms with Gasteiger partial charge in [-0.05, 0) is 67.0 Å². The van der Waals surface area contributed by atoms with Crippen molar-refractivity contribution < 1.29 is 9.59 Å². The molecule has 1 aromatic heterocycles. The van der Waals surface area contributed by atoms with Crippen molar-refractivity contribution in [2.24, 2.45) is 5.92 Å². The molecule has 0 bridgehead atoms. The number of hydrogen-bond acceptors (Lipinski definition) is 4. The number of hydrogen-bond donors (Lipinski definition) is 2. The van der Waals surface area contributed by atoms with Gasteiger partial charge in [-0.25, -0.2) is 0 Å². The Labute approximate surface area is 214 Å². The monoisotopic (exact) mass is 484 g/mol. The second kappa shape index (κ2) is 12.9. The fourth-order valence-corrected chi connectivity index (χ4v) is 4.74. The van der Waals surface area contributed by atoms with Crippen LogP contribution in [0.1, 0.15) is 60.5 Å². The SMILES string of the molecule is CCCCC(=O)Nc1ccc(N2CCC(Cc3ccccc3)CC2)c(C(=O)NCc2cccnc2)c1. The minimum absolute atomic E-state index is 0.0203. The summed E-state index contributed by atoms with van der Waals surface area (Å²) >= 11 is 0. The van der Waals surface area contributed by atoms with E-state index in [2.05, 4.69) is 57.8 Å². The highest BCUT2D eigenvalue weighted by Gasteiger charge is 2.24. The predicted molar refractivity (Wildman–Crippen MR) is 145 cm³/mol. The van der Waals surface area contributed by atoms with Crippen molar-refractivity contribution in [2.75, 3.05) is 23.3 Å². The largest absolute Gasteiger partial charge is 0.371 e. The normalized spacial score (nSPS) is 13.9. The Balaban J connectivity index is 1.47. The summed E-state index contributed by atoms with van der Waals surface area (Å²) in [7, 11) is 0. The van der Waals surface area contributed by atoms with Crippen molar-refractivity contribution in [1.82, 2.24) is 10.3 Å². The predicted octanol–water partition coefficient (Wildman–Crippen LogP) is 5.60. The van der Waals surface area contributed by atoms with Crippen LogP contribution in [0.5, 0.6) is 0 Å². The molecule has 188 valence electrons. The summed E-state index contributed by atoms with van der Waals surface area (Å²) in [6.07, 6.45) is 9.03. The van der Waals surface area contributed by atoms with Crippen molar-refractivity contribution in [1.29, 1.82) is 0 Å². The Kier molecular flexibility index (Phi) is 9.09. The molecule has 0 saturated carbocycles. The van der Waals surface area contributed by atoms with Gasteiger partial charge in [-0.1, -0.05) is 49.7 Å². The van der Waals surface area contributed by atoms with Gasteiger partial charge in [0.05, 0.1) is 5.56 Å². The van der Waals surface area contributed by atoms with Crippen LogP contribution in [0.4, 0.5) is 11.4 Å². The van der Waals surface area contributed by atoms with Crippen LogP contribution in [0.15, 0.2) is 73.1 Å². The number of anilines is 2. The highest BCUT2D eigenvalue weighted by atomic mass is 16.2. The molecule has 6 heteroatoms. The van der Waals surface area contributed by atoms with Gasteiger partial charge in [0.2, 0.25) is 5.91 Å². The van der Waals surface area contributed by atoms with Gasteiger partial charge in [-0.3, -0.25) is 14.6 Å². The van der Waals surface area contributed by atoms with Crippen LogP contribution < -0.4 is 15.5 Å². The lowest BCUT2D eigenvalue weighted by Gasteiger charge is -2.35. The fraction of sp³-hybridized carbons (Fsp3) is 0.367. The molecule has 0 aliphatic carbocycles. The van der Waals surface area contributed by atoms with Crippen molar-refractivity contribution >= 4 is 23.2 Å². The number of piperidine rings is 1. The fourth-order valence-electron chi connectivity index (χ4n) is 4.74. The maximum Gasteiger partial charge on any atom is 0.253 e. The van der Waals surface area contributed by atoms with E-state index < -0.39 is 0 Å². The van der Waals surface area contributed by atoms with E-state index in [4.69, 9.17) is 0 Å². The van der Waals surface area contributed by atoms with Crippen LogP contribution in [-0.2, 0) is 17.8 Å². The topological polar surface area (TPSA) is 74.3 Å². The molecule has 2 N–H and O–H groups in total. The van der Waals surface area contributed by atoms with E-state index in [1.807, 2.05) is 30.3 Å². The zero-order chi connectivity index (χ0) is 25.2. The summed E-state index contributed by atoms with van der Waals surface area (Å²) in [4.78, 5) is 32.1. The first kappa shape index (κ1) is 25.4. The third-order valence-corrected chi connectivity index (χ3v) is 6.78. The zero-order valence-corrected chi connectivity index (χ0v) is 21.1. The molecule has 36 heavy (non-hydrogen) atoms. The van der Waals surface area contributed by atoms with Gasteiger partial charge < -0.3 is 15.5 Å². The molecule has 1 aliphatic rings. The smallest absolute Gasteiger partial charge is 0.253 e. The molecule has 2 aromatic carbocycles. The van der Waals surface area contributed by atoms with Crippen LogP contribution in [0, 0.1) is 5.92 Å². The van der Waals surface area contributed by atoms with E-state index in [9.17, 15) is 9.59 Å². The van der Waals surface area contributed by atoms with Crippen LogP contribution in [0.3, 0.4) is 0 Å². The van der Waals surface area contributed by atoms with Crippen LogP contribution in [0.25, 0.3) is 0 Å². The van der Waals surface area contributed by atoms with E-state index in [1.165, 1.54) is 5.56 Å². The number of amides is 2. The number of pyridine rings is 1. The molecular weight excluding hydrogens is 448 g/mol. The van der Waals surface area contributed by atoms with Gasteiger partial charge in [0, 0.05) is 49.8 Å². The molecule has 2 amide bonds. The molecule has 1 aliphatic heterocycles. The summed E-state index contributed by atoms with van der Waals surface area (Å²) in [5.74, 6) is 0.474. The first-order chi connectivity index (χ1) is 17.6. The number of benzene rings is 2. The van der Waals surface area contributed by atoms with Gasteiger partial charge in [0.15, 0.2) is 0 Å². The third-order valence-electron chi connectivity index (χ3n) is 6.78.